The predicted octanol–water partition coefficient (Wildman–Crippen LogP) is 5.50. The Morgan fingerprint density at radius 3 is 2.54 bits per heavy atom. The lowest BCUT2D eigenvalue weighted by molar-refractivity contribution is -0.126. The monoisotopic (exact) mass is 509 g/mol. The number of aromatic nitrogens is 1. The highest BCUT2D eigenvalue weighted by Gasteiger charge is 2.61. The quantitative estimate of drug-likeness (QED) is 0.379. The Morgan fingerprint density at radius 1 is 1.08 bits per heavy atom. The van der Waals surface area contributed by atoms with Gasteiger partial charge in [-0.25, -0.2) is 0 Å². The summed E-state index contributed by atoms with van der Waals surface area (Å²) >= 11 is 0. The first-order valence-corrected chi connectivity index (χ1v) is 14.0. The van der Waals surface area contributed by atoms with Gasteiger partial charge in [0.1, 0.15) is 0 Å². The number of benzene rings is 1. The molecule has 0 bridgehead atoms. The Kier molecular flexibility index (Phi) is 7.55. The predicted molar refractivity (Wildman–Crippen MR) is 149 cm³/mol. The number of para-hydroxylation sites is 1. The van der Waals surface area contributed by atoms with E-state index in [0.717, 1.165) is 31.2 Å². The van der Waals surface area contributed by atoms with E-state index in [1.807, 2.05) is 25.3 Å². The fraction of sp³-hybridized carbons (Fsp3) is 0.677. The Morgan fingerprint density at radius 2 is 1.81 bits per heavy atom. The number of fused-ring (bicyclic) bond motifs is 2. The van der Waals surface area contributed by atoms with E-state index in [2.05, 4.69) is 62.4 Å². The molecular formula is C31H47N3O3. The molecule has 6 nitrogen and oxygen atoms in total. The lowest BCUT2D eigenvalue weighted by atomic mass is 9.57. The summed E-state index contributed by atoms with van der Waals surface area (Å²) in [5.41, 5.74) is 1.36. The van der Waals surface area contributed by atoms with E-state index in [-0.39, 0.29) is 40.0 Å². The number of carbonyl (C=O) groups is 2. The Hall–Kier alpha value is -2.34. The second kappa shape index (κ2) is 10.1. The maximum absolute atomic E-state index is 13.0. The number of amides is 2. The summed E-state index contributed by atoms with van der Waals surface area (Å²) in [5, 5.41) is 18.7. The van der Waals surface area contributed by atoms with Crippen LogP contribution in [0, 0.1) is 22.2 Å². The van der Waals surface area contributed by atoms with Crippen LogP contribution in [0.4, 0.5) is 0 Å². The molecule has 0 radical (unpaired) electrons. The van der Waals surface area contributed by atoms with Gasteiger partial charge in [0.2, 0.25) is 11.8 Å². The van der Waals surface area contributed by atoms with Gasteiger partial charge in [-0.15, -0.1) is 0 Å². The summed E-state index contributed by atoms with van der Waals surface area (Å²) in [6.45, 7) is 13.3. The van der Waals surface area contributed by atoms with Crippen LogP contribution in [-0.2, 0) is 16.0 Å². The van der Waals surface area contributed by atoms with Crippen LogP contribution in [0.2, 0.25) is 0 Å². The van der Waals surface area contributed by atoms with Crippen LogP contribution in [0.5, 0.6) is 0 Å². The Balaban J connectivity index is 1.43. The average Bonchev–Trinajstić information content (AvgIpc) is 3.27. The number of H-pyrrole nitrogens is 1. The summed E-state index contributed by atoms with van der Waals surface area (Å²) in [5.74, 6) is 0.409. The van der Waals surface area contributed by atoms with Gasteiger partial charge in [0, 0.05) is 42.5 Å². The minimum Gasteiger partial charge on any atom is -0.390 e. The minimum absolute atomic E-state index is 0.0180. The highest BCUT2D eigenvalue weighted by Crippen LogP contribution is 2.63. The van der Waals surface area contributed by atoms with Crippen LogP contribution in [0.25, 0.3) is 10.9 Å². The van der Waals surface area contributed by atoms with Crippen molar-refractivity contribution in [2.24, 2.45) is 22.2 Å². The summed E-state index contributed by atoms with van der Waals surface area (Å²) in [7, 11) is 0. The molecule has 0 unspecified atom stereocenters. The van der Waals surface area contributed by atoms with Crippen molar-refractivity contribution in [1.29, 1.82) is 0 Å². The van der Waals surface area contributed by atoms with E-state index < -0.39 is 5.60 Å². The van der Waals surface area contributed by atoms with E-state index in [9.17, 15) is 14.7 Å². The zero-order chi connectivity index (χ0) is 27.1. The summed E-state index contributed by atoms with van der Waals surface area (Å²) in [4.78, 5) is 29.3. The fourth-order valence-electron chi connectivity index (χ4n) is 7.27. The molecular weight excluding hydrogens is 462 g/mol. The number of hydrogen-bond acceptors (Lipinski definition) is 3. The first-order valence-electron chi connectivity index (χ1n) is 14.0. The first-order chi connectivity index (χ1) is 17.2. The molecule has 6 heteroatoms. The van der Waals surface area contributed by atoms with Crippen LogP contribution in [0.1, 0.15) is 92.1 Å². The number of rotatable bonds is 8. The highest BCUT2D eigenvalue weighted by molar-refractivity contribution is 5.83. The van der Waals surface area contributed by atoms with Crippen molar-refractivity contribution in [2.75, 3.05) is 6.54 Å². The van der Waals surface area contributed by atoms with E-state index in [4.69, 9.17) is 0 Å². The van der Waals surface area contributed by atoms with Crippen LogP contribution < -0.4 is 10.6 Å². The Bertz CT molecular complexity index is 1130. The zero-order valence-corrected chi connectivity index (χ0v) is 23.7. The second-order valence-corrected chi connectivity index (χ2v) is 14.0. The highest BCUT2D eigenvalue weighted by atomic mass is 16.3. The standard InChI is InChI=1S/C31H47N3O3/c1-28(2,3)19-27(36)34-25-18-29(4,5)24-17-30(6,37)14-15-31(24,25)13-11-26(35)32-16-12-21-20-33-23-10-8-7-9-22(21)23/h7-10,20,24-25,33,37H,11-19H2,1-6H3,(H,32,35)(H,34,36)/t24-,25-,30-,31-/m0/s1. The molecule has 2 aliphatic rings. The fourth-order valence-corrected chi connectivity index (χ4v) is 7.27. The molecule has 4 rings (SSSR count). The molecule has 2 aliphatic carbocycles. The summed E-state index contributed by atoms with van der Waals surface area (Å²) < 4.78 is 0. The SMILES string of the molecule is CC(C)(C)CC(=O)N[C@H]1CC(C)(C)[C@@H]2C[C@@](C)(O)CC[C@]12CCC(=O)NCCc1c[nH]c2ccccc12. The largest absolute Gasteiger partial charge is 0.390 e. The van der Waals surface area contributed by atoms with Crippen molar-refractivity contribution in [3.8, 4) is 0 Å². The summed E-state index contributed by atoms with van der Waals surface area (Å²) in [6, 6.07) is 8.25. The van der Waals surface area contributed by atoms with Crippen LogP contribution in [0.15, 0.2) is 30.5 Å². The molecule has 2 saturated carbocycles. The topological polar surface area (TPSA) is 94.2 Å². The van der Waals surface area contributed by atoms with Gasteiger partial charge in [-0.3, -0.25) is 9.59 Å². The van der Waals surface area contributed by atoms with Crippen molar-refractivity contribution in [1.82, 2.24) is 15.6 Å². The summed E-state index contributed by atoms with van der Waals surface area (Å²) in [6.07, 6.45) is 7.59. The molecule has 0 saturated heterocycles. The number of carbonyl (C=O) groups excluding carboxylic acids is 2. The van der Waals surface area contributed by atoms with Gasteiger partial charge < -0.3 is 20.7 Å². The number of nitrogens with one attached hydrogen (secondary N) is 3. The van der Waals surface area contributed by atoms with Crippen molar-refractivity contribution in [3.05, 3.63) is 36.0 Å². The van der Waals surface area contributed by atoms with Gasteiger partial charge in [0.15, 0.2) is 0 Å². The second-order valence-electron chi connectivity index (χ2n) is 14.0. The van der Waals surface area contributed by atoms with E-state index in [1.54, 1.807) is 0 Å². The van der Waals surface area contributed by atoms with Gasteiger partial charge >= 0.3 is 0 Å². The third kappa shape index (κ3) is 6.22. The molecule has 4 atom stereocenters. The molecule has 1 aromatic heterocycles. The zero-order valence-electron chi connectivity index (χ0n) is 23.7. The lowest BCUT2D eigenvalue weighted by Gasteiger charge is -2.51. The smallest absolute Gasteiger partial charge is 0.220 e. The van der Waals surface area contributed by atoms with Crippen molar-refractivity contribution < 1.29 is 14.7 Å². The Labute approximate surface area is 222 Å². The van der Waals surface area contributed by atoms with Gasteiger partial charge in [-0.1, -0.05) is 52.8 Å². The number of aliphatic hydroxyl groups is 1. The molecule has 4 N–H and O–H groups in total. The third-order valence-corrected chi connectivity index (χ3v) is 9.07. The maximum atomic E-state index is 13.0. The van der Waals surface area contributed by atoms with Crippen molar-refractivity contribution >= 4 is 22.7 Å². The van der Waals surface area contributed by atoms with Crippen LogP contribution in [-0.4, -0.2) is 40.1 Å². The maximum Gasteiger partial charge on any atom is 0.220 e. The molecule has 37 heavy (non-hydrogen) atoms. The lowest BCUT2D eigenvalue weighted by Crippen LogP contribution is -2.53. The van der Waals surface area contributed by atoms with Crippen LogP contribution >= 0.6 is 0 Å². The van der Waals surface area contributed by atoms with E-state index >= 15 is 0 Å². The molecule has 2 aromatic rings. The number of hydrogen-bond donors (Lipinski definition) is 4. The first kappa shape index (κ1) is 27.7. The molecule has 204 valence electrons. The van der Waals surface area contributed by atoms with Gasteiger partial charge in [0.25, 0.3) is 0 Å². The normalized spacial score (nSPS) is 29.2. The van der Waals surface area contributed by atoms with Crippen molar-refractivity contribution in [3.63, 3.8) is 0 Å². The van der Waals surface area contributed by atoms with Crippen LogP contribution in [0.3, 0.4) is 0 Å². The molecule has 0 spiro atoms. The van der Waals surface area contributed by atoms with E-state index in [0.29, 0.717) is 32.2 Å². The van der Waals surface area contributed by atoms with Crippen molar-refractivity contribution in [2.45, 2.75) is 105 Å². The molecule has 2 fully saturated rings. The molecule has 1 heterocycles. The molecule has 0 aliphatic heterocycles. The van der Waals surface area contributed by atoms with E-state index in [1.165, 1.54) is 10.9 Å². The average molecular weight is 510 g/mol. The number of aromatic amines is 1. The minimum atomic E-state index is -0.697. The van der Waals surface area contributed by atoms with Gasteiger partial charge in [-0.2, -0.15) is 0 Å². The molecule has 1 aromatic carbocycles. The van der Waals surface area contributed by atoms with Gasteiger partial charge in [0.05, 0.1) is 5.60 Å². The molecule has 2 amide bonds. The third-order valence-electron chi connectivity index (χ3n) is 9.07. The van der Waals surface area contributed by atoms with Gasteiger partial charge in [-0.05, 0) is 79.2 Å².